The molecule has 0 bridgehead atoms. The molecule has 1 N–H and O–H groups in total. The molecule has 0 aliphatic carbocycles. The number of carbonyl (C=O) groups is 1. The Morgan fingerprint density at radius 1 is 1.33 bits per heavy atom. The summed E-state index contributed by atoms with van der Waals surface area (Å²) in [6.07, 6.45) is 2.68. The normalized spacial score (nSPS) is 10.7. The van der Waals surface area contributed by atoms with Gasteiger partial charge in [0.25, 0.3) is 0 Å². The molecule has 2 aromatic heterocycles. The quantitative estimate of drug-likeness (QED) is 0.731. The number of aromatic nitrogens is 2. The standard InChI is InChI=1S/C13H11N3OS/c17-9-11-12(15-13-16(11)6-7-18-13)14-8-10-4-2-1-3-5-10/h1-7,9,14H,8H2. The summed E-state index contributed by atoms with van der Waals surface area (Å²) in [6.45, 7) is 0.659. The van der Waals surface area contributed by atoms with Crippen LogP contribution >= 0.6 is 11.3 Å². The van der Waals surface area contributed by atoms with Crippen molar-refractivity contribution in [3.8, 4) is 0 Å². The van der Waals surface area contributed by atoms with Crippen LogP contribution in [0.15, 0.2) is 41.9 Å². The van der Waals surface area contributed by atoms with Crippen molar-refractivity contribution < 1.29 is 4.79 Å². The highest BCUT2D eigenvalue weighted by atomic mass is 32.1. The average Bonchev–Trinajstić information content (AvgIpc) is 2.97. The topological polar surface area (TPSA) is 46.4 Å². The van der Waals surface area contributed by atoms with Crippen molar-refractivity contribution in [2.24, 2.45) is 0 Å². The lowest BCUT2D eigenvalue weighted by atomic mass is 10.2. The summed E-state index contributed by atoms with van der Waals surface area (Å²) >= 11 is 1.51. The second kappa shape index (κ2) is 4.62. The Bertz CT molecular complexity index is 672. The first-order valence-corrected chi connectivity index (χ1v) is 6.45. The van der Waals surface area contributed by atoms with Crippen LogP contribution in [0.25, 0.3) is 4.96 Å². The molecule has 90 valence electrons. The molecule has 1 aromatic carbocycles. The van der Waals surface area contributed by atoms with Crippen molar-refractivity contribution in [3.63, 3.8) is 0 Å². The largest absolute Gasteiger partial charge is 0.364 e. The van der Waals surface area contributed by atoms with Crippen LogP contribution in [-0.2, 0) is 6.54 Å². The Balaban J connectivity index is 1.86. The Morgan fingerprint density at radius 2 is 2.17 bits per heavy atom. The monoisotopic (exact) mass is 257 g/mol. The van der Waals surface area contributed by atoms with Crippen molar-refractivity contribution in [1.82, 2.24) is 9.38 Å². The maximum absolute atomic E-state index is 11.1. The van der Waals surface area contributed by atoms with Gasteiger partial charge in [-0.15, -0.1) is 11.3 Å². The molecule has 4 nitrogen and oxygen atoms in total. The predicted molar refractivity (Wildman–Crippen MR) is 72.2 cm³/mol. The number of imidazole rings is 1. The number of nitrogens with one attached hydrogen (secondary N) is 1. The van der Waals surface area contributed by atoms with Gasteiger partial charge in [0.05, 0.1) is 0 Å². The molecule has 18 heavy (non-hydrogen) atoms. The molecule has 0 spiro atoms. The third-order valence-corrected chi connectivity index (χ3v) is 3.47. The Labute approximate surface area is 108 Å². The fraction of sp³-hybridized carbons (Fsp3) is 0.0769. The molecule has 0 atom stereocenters. The number of thiazole rings is 1. The van der Waals surface area contributed by atoms with Crippen molar-refractivity contribution >= 4 is 28.4 Å². The molecule has 0 saturated carbocycles. The summed E-state index contributed by atoms with van der Waals surface area (Å²) in [5, 5.41) is 5.11. The molecular formula is C13H11N3OS. The summed E-state index contributed by atoms with van der Waals surface area (Å²) in [4.78, 5) is 16.3. The van der Waals surface area contributed by atoms with Gasteiger partial charge in [0.1, 0.15) is 5.69 Å². The minimum atomic E-state index is 0.571. The Morgan fingerprint density at radius 3 is 2.94 bits per heavy atom. The van der Waals surface area contributed by atoms with Gasteiger partial charge >= 0.3 is 0 Å². The van der Waals surface area contributed by atoms with Crippen LogP contribution in [0.3, 0.4) is 0 Å². The van der Waals surface area contributed by atoms with E-state index in [9.17, 15) is 4.79 Å². The van der Waals surface area contributed by atoms with E-state index in [-0.39, 0.29) is 0 Å². The number of benzene rings is 1. The molecule has 0 saturated heterocycles. The van der Waals surface area contributed by atoms with Crippen LogP contribution in [0.1, 0.15) is 16.1 Å². The number of anilines is 1. The molecule has 2 heterocycles. The fourth-order valence-corrected chi connectivity index (χ4v) is 2.55. The zero-order chi connectivity index (χ0) is 12.4. The first-order valence-electron chi connectivity index (χ1n) is 5.57. The van der Waals surface area contributed by atoms with Crippen molar-refractivity contribution in [3.05, 3.63) is 53.2 Å². The maximum atomic E-state index is 11.1. The highest BCUT2D eigenvalue weighted by Gasteiger charge is 2.11. The van der Waals surface area contributed by atoms with Crippen LogP contribution in [0, 0.1) is 0 Å². The average molecular weight is 257 g/mol. The summed E-state index contributed by atoms with van der Waals surface area (Å²) in [5.41, 5.74) is 1.73. The van der Waals surface area contributed by atoms with Gasteiger partial charge in [-0.2, -0.15) is 0 Å². The van der Waals surface area contributed by atoms with Gasteiger partial charge < -0.3 is 5.32 Å². The van der Waals surface area contributed by atoms with Crippen molar-refractivity contribution in [1.29, 1.82) is 0 Å². The minimum absolute atomic E-state index is 0.571. The van der Waals surface area contributed by atoms with Crippen molar-refractivity contribution in [2.45, 2.75) is 6.54 Å². The van der Waals surface area contributed by atoms with Gasteiger partial charge in [-0.3, -0.25) is 9.20 Å². The van der Waals surface area contributed by atoms with Crippen LogP contribution in [-0.4, -0.2) is 15.7 Å². The zero-order valence-corrected chi connectivity index (χ0v) is 10.4. The van der Waals surface area contributed by atoms with E-state index in [1.165, 1.54) is 11.3 Å². The van der Waals surface area contributed by atoms with E-state index in [0.29, 0.717) is 18.1 Å². The predicted octanol–water partition coefficient (Wildman–Crippen LogP) is 2.82. The molecule has 0 aliphatic heterocycles. The minimum Gasteiger partial charge on any atom is -0.364 e. The highest BCUT2D eigenvalue weighted by molar-refractivity contribution is 7.15. The summed E-state index contributed by atoms with van der Waals surface area (Å²) in [5.74, 6) is 0.640. The Kier molecular flexibility index (Phi) is 2.82. The lowest BCUT2D eigenvalue weighted by Crippen LogP contribution is -2.02. The number of carbonyl (C=O) groups excluding carboxylic acids is 1. The van der Waals surface area contributed by atoms with Gasteiger partial charge in [-0.05, 0) is 5.56 Å². The maximum Gasteiger partial charge on any atom is 0.196 e. The van der Waals surface area contributed by atoms with Gasteiger partial charge in [0.15, 0.2) is 17.1 Å². The second-order valence-electron chi connectivity index (χ2n) is 3.86. The number of rotatable bonds is 4. The first kappa shape index (κ1) is 11.0. The number of fused-ring (bicyclic) bond motifs is 1. The SMILES string of the molecule is O=Cc1c(NCc2ccccc2)nc2sccn12. The van der Waals surface area contributed by atoms with E-state index < -0.39 is 0 Å². The lowest BCUT2D eigenvalue weighted by molar-refractivity contribution is 0.111. The first-order chi connectivity index (χ1) is 8.88. The van der Waals surface area contributed by atoms with Crippen LogP contribution in [0.5, 0.6) is 0 Å². The van der Waals surface area contributed by atoms with E-state index in [4.69, 9.17) is 0 Å². The van der Waals surface area contributed by atoms with E-state index in [1.807, 2.05) is 41.9 Å². The Hall–Kier alpha value is -2.14. The molecule has 3 rings (SSSR count). The number of hydrogen-bond acceptors (Lipinski definition) is 4. The van der Waals surface area contributed by atoms with E-state index >= 15 is 0 Å². The molecule has 5 heteroatoms. The number of nitrogens with zero attached hydrogens (tertiary/aromatic N) is 2. The molecule has 0 fully saturated rings. The highest BCUT2D eigenvalue weighted by Crippen LogP contribution is 2.20. The summed E-state index contributed by atoms with van der Waals surface area (Å²) in [6, 6.07) is 10.0. The third kappa shape index (κ3) is 1.89. The van der Waals surface area contributed by atoms with Crippen molar-refractivity contribution in [2.75, 3.05) is 5.32 Å². The zero-order valence-electron chi connectivity index (χ0n) is 9.54. The summed E-state index contributed by atoms with van der Waals surface area (Å²) < 4.78 is 1.80. The van der Waals surface area contributed by atoms with Crippen LogP contribution in [0.4, 0.5) is 5.82 Å². The van der Waals surface area contributed by atoms with Crippen LogP contribution < -0.4 is 5.32 Å². The molecule has 0 unspecified atom stereocenters. The van der Waals surface area contributed by atoms with E-state index in [0.717, 1.165) is 16.8 Å². The second-order valence-corrected chi connectivity index (χ2v) is 4.73. The molecule has 0 aliphatic rings. The van der Waals surface area contributed by atoms with E-state index in [2.05, 4.69) is 10.3 Å². The lowest BCUT2D eigenvalue weighted by Gasteiger charge is -2.03. The molecule has 3 aromatic rings. The molecule has 0 radical (unpaired) electrons. The molecular weight excluding hydrogens is 246 g/mol. The fourth-order valence-electron chi connectivity index (χ4n) is 1.83. The third-order valence-electron chi connectivity index (χ3n) is 2.71. The smallest absolute Gasteiger partial charge is 0.196 e. The number of hydrogen-bond donors (Lipinski definition) is 1. The van der Waals surface area contributed by atoms with Crippen LogP contribution in [0.2, 0.25) is 0 Å². The number of aldehydes is 1. The molecule has 0 amide bonds. The van der Waals surface area contributed by atoms with Gasteiger partial charge in [0.2, 0.25) is 0 Å². The summed E-state index contributed by atoms with van der Waals surface area (Å²) in [7, 11) is 0. The van der Waals surface area contributed by atoms with Gasteiger partial charge in [0, 0.05) is 18.1 Å². The van der Waals surface area contributed by atoms with Gasteiger partial charge in [-0.25, -0.2) is 4.98 Å². The van der Waals surface area contributed by atoms with E-state index in [1.54, 1.807) is 4.40 Å². The van der Waals surface area contributed by atoms with Gasteiger partial charge in [-0.1, -0.05) is 30.3 Å².